The van der Waals surface area contributed by atoms with E-state index in [4.69, 9.17) is 9.47 Å². The first kappa shape index (κ1) is 19.9. The molecule has 0 spiro atoms. The first-order valence-electron chi connectivity index (χ1n) is 8.13. The molecule has 0 radical (unpaired) electrons. The maximum Gasteiger partial charge on any atom is 0.343 e. The second-order valence-electron chi connectivity index (χ2n) is 6.35. The Hall–Kier alpha value is -2.38. The van der Waals surface area contributed by atoms with Crippen LogP contribution in [0.5, 0.6) is 11.5 Å². The number of nitrogens with one attached hydrogen (secondary N) is 1. The quantitative estimate of drug-likeness (QED) is 0.617. The monoisotopic (exact) mass is 377 g/mol. The predicted molar refractivity (Wildman–Crippen MR) is 99.3 cm³/mol. The van der Waals surface area contributed by atoms with Gasteiger partial charge in [-0.05, 0) is 69.2 Å². The van der Waals surface area contributed by atoms with E-state index in [1.807, 2.05) is 19.9 Å². The van der Waals surface area contributed by atoms with Crippen molar-refractivity contribution in [1.82, 2.24) is 4.72 Å². The van der Waals surface area contributed by atoms with E-state index >= 15 is 0 Å². The third-order valence-electron chi connectivity index (χ3n) is 3.49. The van der Waals surface area contributed by atoms with E-state index in [1.54, 1.807) is 26.0 Å². The molecule has 2 aromatic carbocycles. The van der Waals surface area contributed by atoms with Gasteiger partial charge < -0.3 is 9.47 Å². The van der Waals surface area contributed by atoms with E-state index < -0.39 is 16.0 Å². The molecule has 7 heteroatoms. The van der Waals surface area contributed by atoms with Crippen molar-refractivity contribution in [2.75, 3.05) is 7.11 Å². The molecule has 0 heterocycles. The number of hydrogen-bond donors (Lipinski definition) is 1. The van der Waals surface area contributed by atoms with Crippen LogP contribution < -0.4 is 14.2 Å². The standard InChI is InChI=1S/C19H23NO5S/c1-12(2)20-26(22,23)18-11-15(6-7-17(18)24-5)19(21)25-16-9-13(3)8-14(4)10-16/h6-12,20H,1-5H3. The minimum absolute atomic E-state index is 0.108. The van der Waals surface area contributed by atoms with Crippen molar-refractivity contribution in [1.29, 1.82) is 0 Å². The summed E-state index contributed by atoms with van der Waals surface area (Å²) in [5, 5.41) is 0. The molecule has 0 unspecified atom stereocenters. The van der Waals surface area contributed by atoms with E-state index in [-0.39, 0.29) is 22.3 Å². The van der Waals surface area contributed by atoms with Crippen molar-refractivity contribution in [3.8, 4) is 11.5 Å². The maximum absolute atomic E-state index is 12.5. The van der Waals surface area contributed by atoms with Crippen molar-refractivity contribution in [2.45, 2.75) is 38.6 Å². The zero-order chi connectivity index (χ0) is 19.5. The highest BCUT2D eigenvalue weighted by molar-refractivity contribution is 7.89. The summed E-state index contributed by atoms with van der Waals surface area (Å²) in [6, 6.07) is 9.32. The smallest absolute Gasteiger partial charge is 0.343 e. The lowest BCUT2D eigenvalue weighted by atomic mass is 10.1. The lowest BCUT2D eigenvalue weighted by molar-refractivity contribution is 0.0734. The number of sulfonamides is 1. The Morgan fingerprint density at radius 3 is 2.19 bits per heavy atom. The molecule has 0 saturated carbocycles. The van der Waals surface area contributed by atoms with E-state index in [0.29, 0.717) is 5.75 Å². The number of rotatable bonds is 6. The summed E-state index contributed by atoms with van der Waals surface area (Å²) >= 11 is 0. The number of carbonyl (C=O) groups excluding carboxylic acids is 1. The van der Waals surface area contributed by atoms with Crippen LogP contribution in [0, 0.1) is 13.8 Å². The van der Waals surface area contributed by atoms with E-state index in [2.05, 4.69) is 4.72 Å². The van der Waals surface area contributed by atoms with Crippen LogP contribution in [-0.4, -0.2) is 27.5 Å². The Labute approximate surface area is 154 Å². The van der Waals surface area contributed by atoms with E-state index in [1.165, 1.54) is 25.3 Å². The van der Waals surface area contributed by atoms with Gasteiger partial charge in [0.25, 0.3) is 0 Å². The second-order valence-corrected chi connectivity index (χ2v) is 8.04. The van der Waals surface area contributed by atoms with Crippen LogP contribution in [0.1, 0.15) is 35.3 Å². The summed E-state index contributed by atoms with van der Waals surface area (Å²) in [5.74, 6) is -0.0761. The van der Waals surface area contributed by atoms with Gasteiger partial charge in [-0.2, -0.15) is 0 Å². The second kappa shape index (κ2) is 7.88. The van der Waals surface area contributed by atoms with Crippen molar-refractivity contribution >= 4 is 16.0 Å². The van der Waals surface area contributed by atoms with Crippen molar-refractivity contribution in [2.24, 2.45) is 0 Å². The van der Waals surface area contributed by atoms with Crippen molar-refractivity contribution < 1.29 is 22.7 Å². The number of aryl methyl sites for hydroxylation is 2. The molecule has 0 bridgehead atoms. The molecule has 2 rings (SSSR count). The average molecular weight is 377 g/mol. The lowest BCUT2D eigenvalue weighted by Gasteiger charge is -2.14. The summed E-state index contributed by atoms with van der Waals surface area (Å²) in [5.41, 5.74) is 2.05. The van der Waals surface area contributed by atoms with Gasteiger partial charge in [0.2, 0.25) is 10.0 Å². The summed E-state index contributed by atoms with van der Waals surface area (Å²) < 4.78 is 38.0. The number of carbonyl (C=O) groups is 1. The number of hydrogen-bond acceptors (Lipinski definition) is 5. The third kappa shape index (κ3) is 4.83. The Kier molecular flexibility index (Phi) is 6.05. The summed E-state index contributed by atoms with van der Waals surface area (Å²) in [4.78, 5) is 12.4. The van der Waals surface area contributed by atoms with Gasteiger partial charge in [0, 0.05) is 6.04 Å². The third-order valence-corrected chi connectivity index (χ3v) is 5.17. The molecule has 26 heavy (non-hydrogen) atoms. The van der Waals surface area contributed by atoms with Crippen molar-refractivity contribution in [3.05, 3.63) is 53.1 Å². The fourth-order valence-electron chi connectivity index (χ4n) is 2.55. The molecular formula is C19H23NO5S. The molecule has 1 N–H and O–H groups in total. The predicted octanol–water partition coefficient (Wildman–Crippen LogP) is 3.22. The number of esters is 1. The molecule has 0 aliphatic carbocycles. The zero-order valence-corrected chi connectivity index (χ0v) is 16.3. The maximum atomic E-state index is 12.5. The summed E-state index contributed by atoms with van der Waals surface area (Å²) in [7, 11) is -2.46. The summed E-state index contributed by atoms with van der Waals surface area (Å²) in [6.45, 7) is 7.23. The Morgan fingerprint density at radius 1 is 1.04 bits per heavy atom. The van der Waals surface area contributed by atoms with Crippen LogP contribution in [-0.2, 0) is 10.0 Å². The number of ether oxygens (including phenoxy) is 2. The van der Waals surface area contributed by atoms with Gasteiger partial charge in [-0.3, -0.25) is 0 Å². The Morgan fingerprint density at radius 2 is 1.65 bits per heavy atom. The Balaban J connectivity index is 2.38. The molecule has 0 saturated heterocycles. The van der Waals surface area contributed by atoms with Gasteiger partial charge in [-0.1, -0.05) is 6.07 Å². The van der Waals surface area contributed by atoms with Crippen LogP contribution in [0.2, 0.25) is 0 Å². The van der Waals surface area contributed by atoms with Gasteiger partial charge in [0.15, 0.2) is 0 Å². The van der Waals surface area contributed by atoms with Gasteiger partial charge >= 0.3 is 5.97 Å². The van der Waals surface area contributed by atoms with Crippen LogP contribution in [0.25, 0.3) is 0 Å². The number of methoxy groups -OCH3 is 1. The molecule has 6 nitrogen and oxygen atoms in total. The Bertz CT molecular complexity index is 899. The topological polar surface area (TPSA) is 81.7 Å². The van der Waals surface area contributed by atoms with E-state index in [9.17, 15) is 13.2 Å². The highest BCUT2D eigenvalue weighted by Gasteiger charge is 2.23. The largest absolute Gasteiger partial charge is 0.495 e. The van der Waals surface area contributed by atoms with Crippen LogP contribution in [0.4, 0.5) is 0 Å². The molecule has 0 aromatic heterocycles. The minimum atomic E-state index is -3.83. The molecule has 0 fully saturated rings. The molecule has 0 amide bonds. The van der Waals surface area contributed by atoms with E-state index in [0.717, 1.165) is 11.1 Å². The molecule has 0 atom stereocenters. The first-order valence-corrected chi connectivity index (χ1v) is 9.61. The van der Waals surface area contributed by atoms with Gasteiger partial charge in [0.1, 0.15) is 16.4 Å². The molecular weight excluding hydrogens is 354 g/mol. The number of benzene rings is 2. The average Bonchev–Trinajstić information content (AvgIpc) is 2.52. The van der Waals surface area contributed by atoms with Gasteiger partial charge in [-0.15, -0.1) is 0 Å². The van der Waals surface area contributed by atoms with Gasteiger partial charge in [-0.25, -0.2) is 17.9 Å². The molecule has 2 aromatic rings. The molecule has 0 aliphatic rings. The SMILES string of the molecule is COc1ccc(C(=O)Oc2cc(C)cc(C)c2)cc1S(=O)(=O)NC(C)C. The highest BCUT2D eigenvalue weighted by Crippen LogP contribution is 2.26. The lowest BCUT2D eigenvalue weighted by Crippen LogP contribution is -2.30. The minimum Gasteiger partial charge on any atom is -0.495 e. The van der Waals surface area contributed by atoms with Crippen LogP contribution >= 0.6 is 0 Å². The molecule has 0 aliphatic heterocycles. The normalized spacial score (nSPS) is 11.5. The van der Waals surface area contributed by atoms with Gasteiger partial charge in [0.05, 0.1) is 12.7 Å². The first-order chi connectivity index (χ1) is 12.1. The fourth-order valence-corrected chi connectivity index (χ4v) is 3.99. The highest BCUT2D eigenvalue weighted by atomic mass is 32.2. The van der Waals surface area contributed by atoms with Crippen LogP contribution in [0.15, 0.2) is 41.3 Å². The zero-order valence-electron chi connectivity index (χ0n) is 15.5. The van der Waals surface area contributed by atoms with Crippen LogP contribution in [0.3, 0.4) is 0 Å². The summed E-state index contributed by atoms with van der Waals surface area (Å²) in [6.07, 6.45) is 0. The molecule has 140 valence electrons. The fraction of sp³-hybridized carbons (Fsp3) is 0.316. The van der Waals surface area contributed by atoms with Crippen molar-refractivity contribution in [3.63, 3.8) is 0 Å².